The van der Waals surface area contributed by atoms with Gasteiger partial charge >= 0.3 is 0 Å². The maximum Gasteiger partial charge on any atom is 0.239 e. The topological polar surface area (TPSA) is 66.6 Å². The van der Waals surface area contributed by atoms with E-state index in [1.54, 1.807) is 4.90 Å². The number of carbonyl (C=O) groups is 2. The molecule has 34 heavy (non-hydrogen) atoms. The van der Waals surface area contributed by atoms with Crippen LogP contribution in [-0.2, 0) is 21.4 Å². The van der Waals surface area contributed by atoms with Crippen LogP contribution < -0.4 is 5.73 Å². The Morgan fingerprint density at radius 2 is 1.68 bits per heavy atom. The second-order valence-electron chi connectivity index (χ2n) is 10.2. The lowest BCUT2D eigenvalue weighted by atomic mass is 9.73. The van der Waals surface area contributed by atoms with Crippen molar-refractivity contribution in [1.82, 2.24) is 9.80 Å². The number of likely N-dealkylation sites (N-methyl/N-ethyl adjacent to an activating group) is 1. The molecule has 1 heterocycles. The summed E-state index contributed by atoms with van der Waals surface area (Å²) in [5.74, 6) is 0.0964. The first-order valence-corrected chi connectivity index (χ1v) is 12.2. The Morgan fingerprint density at radius 1 is 1.00 bits per heavy atom. The third-order valence-corrected chi connectivity index (χ3v) is 7.86. The van der Waals surface area contributed by atoms with Crippen molar-refractivity contribution in [2.75, 3.05) is 27.2 Å². The van der Waals surface area contributed by atoms with E-state index in [0.717, 1.165) is 30.4 Å². The Morgan fingerprint density at radius 3 is 2.41 bits per heavy atom. The number of hydrogen-bond donors (Lipinski definition) is 1. The van der Waals surface area contributed by atoms with Crippen molar-refractivity contribution in [3.05, 3.63) is 83.4 Å². The molecule has 5 rings (SSSR count). The van der Waals surface area contributed by atoms with Crippen LogP contribution >= 0.6 is 0 Å². The van der Waals surface area contributed by atoms with E-state index in [1.165, 1.54) is 16.3 Å². The number of likely N-dealkylation sites (tertiary alicyclic amines) is 1. The van der Waals surface area contributed by atoms with Gasteiger partial charge in [-0.15, -0.1) is 0 Å². The minimum atomic E-state index is -0.547. The molecule has 0 aromatic heterocycles. The van der Waals surface area contributed by atoms with Crippen LogP contribution in [0.25, 0.3) is 10.8 Å². The highest BCUT2D eigenvalue weighted by atomic mass is 16.2. The van der Waals surface area contributed by atoms with Gasteiger partial charge in [-0.2, -0.15) is 0 Å². The molecular formula is C29H33N3O2. The highest BCUT2D eigenvalue weighted by molar-refractivity contribution is 5.86. The minimum Gasteiger partial charge on any atom is -0.348 e. The van der Waals surface area contributed by atoms with Crippen molar-refractivity contribution in [2.45, 2.75) is 43.1 Å². The summed E-state index contributed by atoms with van der Waals surface area (Å²) < 4.78 is 0. The molecule has 5 nitrogen and oxygen atoms in total. The second kappa shape index (κ2) is 8.88. The van der Waals surface area contributed by atoms with E-state index in [0.29, 0.717) is 19.5 Å². The molecule has 2 amide bonds. The number of piperidine rings is 1. The number of carbonyl (C=O) groups excluding carboxylic acids is 2. The fourth-order valence-electron chi connectivity index (χ4n) is 6.00. The van der Waals surface area contributed by atoms with Crippen LogP contribution in [0.5, 0.6) is 0 Å². The molecule has 1 unspecified atom stereocenters. The zero-order valence-corrected chi connectivity index (χ0v) is 20.0. The third kappa shape index (κ3) is 3.98. The molecule has 1 aliphatic carbocycles. The summed E-state index contributed by atoms with van der Waals surface area (Å²) in [4.78, 5) is 29.7. The summed E-state index contributed by atoms with van der Waals surface area (Å²) in [6.45, 7) is 1.36. The predicted octanol–water partition coefficient (Wildman–Crippen LogP) is 3.85. The number of hydrogen-bond acceptors (Lipinski definition) is 3. The first kappa shape index (κ1) is 22.6. The molecule has 1 fully saturated rings. The molecule has 1 spiro atoms. The Labute approximate surface area is 201 Å². The van der Waals surface area contributed by atoms with Crippen molar-refractivity contribution in [2.24, 2.45) is 5.73 Å². The molecule has 0 radical (unpaired) electrons. The van der Waals surface area contributed by atoms with Crippen LogP contribution in [0.3, 0.4) is 0 Å². The van der Waals surface area contributed by atoms with Gasteiger partial charge in [0, 0.05) is 32.6 Å². The SMILES string of the molecule is CN(C)C(=O)[C@@H]1CC2(CCN(C(=O)C(N)Cc3ccc4ccccc4c3)CC2)c2ccccc21. The van der Waals surface area contributed by atoms with Gasteiger partial charge in [-0.25, -0.2) is 0 Å². The number of fused-ring (bicyclic) bond motifs is 3. The number of benzene rings is 3. The maximum absolute atomic E-state index is 13.2. The van der Waals surface area contributed by atoms with E-state index in [9.17, 15) is 9.59 Å². The van der Waals surface area contributed by atoms with Crippen LogP contribution in [0.1, 0.15) is 41.9 Å². The first-order valence-electron chi connectivity index (χ1n) is 12.2. The van der Waals surface area contributed by atoms with Gasteiger partial charge in [0.25, 0.3) is 0 Å². The van der Waals surface area contributed by atoms with Crippen LogP contribution in [0.2, 0.25) is 0 Å². The number of rotatable bonds is 4. The molecule has 1 aliphatic heterocycles. The van der Waals surface area contributed by atoms with Crippen LogP contribution in [0, 0.1) is 0 Å². The molecule has 3 aromatic rings. The van der Waals surface area contributed by atoms with Gasteiger partial charge in [0.05, 0.1) is 12.0 Å². The van der Waals surface area contributed by atoms with Gasteiger partial charge in [0.15, 0.2) is 0 Å². The smallest absolute Gasteiger partial charge is 0.239 e. The van der Waals surface area contributed by atoms with Crippen molar-refractivity contribution >= 4 is 22.6 Å². The largest absolute Gasteiger partial charge is 0.348 e. The van der Waals surface area contributed by atoms with Crippen molar-refractivity contribution in [3.8, 4) is 0 Å². The Bertz CT molecular complexity index is 1230. The van der Waals surface area contributed by atoms with Gasteiger partial charge < -0.3 is 15.5 Å². The highest BCUT2D eigenvalue weighted by Crippen LogP contribution is 2.52. The Hall–Kier alpha value is -3.18. The molecule has 3 aromatic carbocycles. The van der Waals surface area contributed by atoms with Crippen LogP contribution in [0.15, 0.2) is 66.7 Å². The summed E-state index contributed by atoms with van der Waals surface area (Å²) in [5.41, 5.74) is 9.91. The molecule has 2 N–H and O–H groups in total. The molecule has 1 saturated heterocycles. The predicted molar refractivity (Wildman–Crippen MR) is 136 cm³/mol. The first-order chi connectivity index (χ1) is 16.4. The second-order valence-corrected chi connectivity index (χ2v) is 10.2. The van der Waals surface area contributed by atoms with Crippen LogP contribution in [-0.4, -0.2) is 54.8 Å². The molecule has 0 saturated carbocycles. The van der Waals surface area contributed by atoms with E-state index < -0.39 is 6.04 Å². The summed E-state index contributed by atoms with van der Waals surface area (Å²) in [7, 11) is 3.66. The quantitative estimate of drug-likeness (QED) is 0.650. The summed E-state index contributed by atoms with van der Waals surface area (Å²) >= 11 is 0. The standard InChI is InChI=1S/C29H33N3O2/c1-31(2)27(33)24-19-29(25-10-6-5-9-23(24)25)13-15-32(16-14-29)28(34)26(30)18-20-11-12-21-7-3-4-8-22(21)17-20/h3-12,17,24,26H,13-16,18-19,30H2,1-2H3/t24-,26?/m1/s1. The number of nitrogens with zero attached hydrogens (tertiary/aromatic N) is 2. The van der Waals surface area contributed by atoms with Gasteiger partial charge in [0.1, 0.15) is 0 Å². The van der Waals surface area contributed by atoms with Crippen molar-refractivity contribution in [3.63, 3.8) is 0 Å². The minimum absolute atomic E-state index is 0.0233. The average Bonchev–Trinajstić information content (AvgIpc) is 3.17. The lowest BCUT2D eigenvalue weighted by molar-refractivity contribution is -0.135. The van der Waals surface area contributed by atoms with Crippen molar-refractivity contribution < 1.29 is 9.59 Å². The lowest BCUT2D eigenvalue weighted by Crippen LogP contribution is -2.50. The monoisotopic (exact) mass is 455 g/mol. The zero-order valence-electron chi connectivity index (χ0n) is 20.0. The summed E-state index contributed by atoms with van der Waals surface area (Å²) in [6.07, 6.45) is 3.10. The molecule has 5 heteroatoms. The molecule has 2 aliphatic rings. The van der Waals surface area contributed by atoms with Gasteiger partial charge in [-0.1, -0.05) is 66.7 Å². The number of nitrogens with two attached hydrogens (primary N) is 1. The number of amides is 2. The zero-order chi connectivity index (χ0) is 23.9. The van der Waals surface area contributed by atoms with Gasteiger partial charge in [-0.3, -0.25) is 9.59 Å². The molecule has 2 atom stereocenters. The van der Waals surface area contributed by atoms with E-state index >= 15 is 0 Å². The van der Waals surface area contributed by atoms with Gasteiger partial charge in [0.2, 0.25) is 11.8 Å². The fourth-order valence-corrected chi connectivity index (χ4v) is 6.00. The Balaban J connectivity index is 1.27. The maximum atomic E-state index is 13.2. The molecule has 176 valence electrons. The van der Waals surface area contributed by atoms with Crippen LogP contribution in [0.4, 0.5) is 0 Å². The summed E-state index contributed by atoms with van der Waals surface area (Å²) in [5, 5.41) is 2.36. The molecular weight excluding hydrogens is 422 g/mol. The lowest BCUT2D eigenvalue weighted by Gasteiger charge is -2.41. The van der Waals surface area contributed by atoms with E-state index in [-0.39, 0.29) is 23.1 Å². The van der Waals surface area contributed by atoms with Gasteiger partial charge in [-0.05, 0) is 53.1 Å². The highest BCUT2D eigenvalue weighted by Gasteiger charge is 2.48. The van der Waals surface area contributed by atoms with E-state index in [1.807, 2.05) is 37.2 Å². The van der Waals surface area contributed by atoms with Crippen molar-refractivity contribution in [1.29, 1.82) is 0 Å². The molecule has 0 bridgehead atoms. The Kier molecular flexibility index (Phi) is 5.90. The average molecular weight is 456 g/mol. The normalized spacial score (nSPS) is 19.7. The fraction of sp³-hybridized carbons (Fsp3) is 0.379. The van der Waals surface area contributed by atoms with E-state index in [2.05, 4.69) is 48.5 Å². The summed E-state index contributed by atoms with van der Waals surface area (Å²) in [6, 6.07) is 22.4. The third-order valence-electron chi connectivity index (χ3n) is 7.86. The van der Waals surface area contributed by atoms with E-state index in [4.69, 9.17) is 5.73 Å².